The van der Waals surface area contributed by atoms with Gasteiger partial charge in [0, 0.05) is 25.0 Å². The Balaban J connectivity index is 2.70. The number of pyridine rings is 1. The van der Waals surface area contributed by atoms with Crippen molar-refractivity contribution in [2.45, 2.75) is 39.2 Å². The van der Waals surface area contributed by atoms with Gasteiger partial charge in [0.05, 0.1) is 13.0 Å². The maximum atomic E-state index is 12.2. The Kier molecular flexibility index (Phi) is 6.36. The number of aliphatic hydroxyl groups is 1. The monoisotopic (exact) mass is 250 g/mol. The molecule has 1 amide bonds. The van der Waals surface area contributed by atoms with Crippen LogP contribution >= 0.6 is 0 Å². The van der Waals surface area contributed by atoms with Gasteiger partial charge in [-0.25, -0.2) is 0 Å². The molecule has 0 aliphatic rings. The minimum absolute atomic E-state index is 0.00921. The summed E-state index contributed by atoms with van der Waals surface area (Å²) in [7, 11) is 0. The van der Waals surface area contributed by atoms with Crippen molar-refractivity contribution < 1.29 is 9.90 Å². The van der Waals surface area contributed by atoms with Crippen LogP contribution in [0.25, 0.3) is 0 Å². The summed E-state index contributed by atoms with van der Waals surface area (Å²) < 4.78 is 0. The Labute approximate surface area is 109 Å². The highest BCUT2D eigenvalue weighted by Gasteiger charge is 2.20. The summed E-state index contributed by atoms with van der Waals surface area (Å²) >= 11 is 0. The third kappa shape index (κ3) is 4.11. The lowest BCUT2D eigenvalue weighted by Crippen LogP contribution is -2.42. The predicted octanol–water partition coefficient (Wildman–Crippen LogP) is 1.63. The predicted molar refractivity (Wildman–Crippen MR) is 71.1 cm³/mol. The van der Waals surface area contributed by atoms with Gasteiger partial charge in [-0.1, -0.05) is 19.9 Å². The van der Waals surface area contributed by atoms with Gasteiger partial charge < -0.3 is 10.0 Å². The van der Waals surface area contributed by atoms with E-state index < -0.39 is 0 Å². The van der Waals surface area contributed by atoms with Crippen molar-refractivity contribution in [2.75, 3.05) is 13.2 Å². The van der Waals surface area contributed by atoms with Gasteiger partial charge in [-0.05, 0) is 24.5 Å². The Hall–Kier alpha value is -1.42. The molecule has 0 atom stereocenters. The fourth-order valence-corrected chi connectivity index (χ4v) is 2.13. The molecule has 0 spiro atoms. The number of aromatic nitrogens is 1. The van der Waals surface area contributed by atoms with E-state index in [0.717, 1.165) is 18.4 Å². The molecule has 4 nitrogen and oxygen atoms in total. The van der Waals surface area contributed by atoms with Crippen molar-refractivity contribution in [3.8, 4) is 0 Å². The van der Waals surface area contributed by atoms with Crippen molar-refractivity contribution in [3.05, 3.63) is 30.1 Å². The van der Waals surface area contributed by atoms with E-state index in [-0.39, 0.29) is 18.6 Å². The quantitative estimate of drug-likeness (QED) is 0.800. The summed E-state index contributed by atoms with van der Waals surface area (Å²) in [6.07, 6.45) is 5.58. The Morgan fingerprint density at radius 2 is 2.17 bits per heavy atom. The van der Waals surface area contributed by atoms with Crippen molar-refractivity contribution >= 4 is 5.91 Å². The zero-order chi connectivity index (χ0) is 13.4. The summed E-state index contributed by atoms with van der Waals surface area (Å²) in [6.45, 7) is 4.55. The molecule has 1 aromatic rings. The standard InChI is InChI=1S/C14H22N2O2/c1-3-13(4-2)16(8-9-17)14(18)10-12-6-5-7-15-11-12/h5-7,11,13,17H,3-4,8-10H2,1-2H3. The van der Waals surface area contributed by atoms with E-state index in [2.05, 4.69) is 18.8 Å². The number of nitrogens with zero attached hydrogens (tertiary/aromatic N) is 2. The topological polar surface area (TPSA) is 53.4 Å². The van der Waals surface area contributed by atoms with Gasteiger partial charge in [0.1, 0.15) is 0 Å². The number of hydrogen-bond donors (Lipinski definition) is 1. The number of aliphatic hydroxyl groups excluding tert-OH is 1. The number of carbonyl (C=O) groups excluding carboxylic acids is 1. The maximum absolute atomic E-state index is 12.2. The number of hydrogen-bond acceptors (Lipinski definition) is 3. The molecule has 1 N–H and O–H groups in total. The SMILES string of the molecule is CCC(CC)N(CCO)C(=O)Cc1cccnc1. The van der Waals surface area contributed by atoms with Gasteiger partial charge in [-0.15, -0.1) is 0 Å². The van der Waals surface area contributed by atoms with Crippen molar-refractivity contribution in [1.29, 1.82) is 0 Å². The van der Waals surface area contributed by atoms with Crippen LogP contribution in [-0.4, -0.2) is 40.1 Å². The minimum atomic E-state index is 0.00921. The molecule has 0 saturated heterocycles. The van der Waals surface area contributed by atoms with Crippen LogP contribution in [0, 0.1) is 0 Å². The summed E-state index contributed by atoms with van der Waals surface area (Å²) in [4.78, 5) is 18.0. The summed E-state index contributed by atoms with van der Waals surface area (Å²) in [6, 6.07) is 3.94. The van der Waals surface area contributed by atoms with E-state index in [4.69, 9.17) is 5.11 Å². The molecule has 0 unspecified atom stereocenters. The molecule has 18 heavy (non-hydrogen) atoms. The molecular weight excluding hydrogens is 228 g/mol. The fraction of sp³-hybridized carbons (Fsp3) is 0.571. The summed E-state index contributed by atoms with van der Waals surface area (Å²) in [5, 5.41) is 9.09. The van der Waals surface area contributed by atoms with E-state index in [1.165, 1.54) is 0 Å². The van der Waals surface area contributed by atoms with Crippen LogP contribution in [0.1, 0.15) is 32.3 Å². The normalized spacial score (nSPS) is 10.7. The van der Waals surface area contributed by atoms with Crippen LogP contribution in [0.5, 0.6) is 0 Å². The molecule has 1 rings (SSSR count). The molecule has 100 valence electrons. The van der Waals surface area contributed by atoms with Gasteiger partial charge in [-0.2, -0.15) is 0 Å². The molecular formula is C14H22N2O2. The second kappa shape index (κ2) is 7.82. The summed E-state index contributed by atoms with van der Waals surface area (Å²) in [5.41, 5.74) is 0.913. The van der Waals surface area contributed by atoms with E-state index in [1.54, 1.807) is 17.3 Å². The number of carbonyl (C=O) groups is 1. The zero-order valence-electron chi connectivity index (χ0n) is 11.2. The van der Waals surface area contributed by atoms with Crippen LogP contribution in [0.15, 0.2) is 24.5 Å². The third-order valence-electron chi connectivity index (χ3n) is 3.12. The largest absolute Gasteiger partial charge is 0.395 e. The van der Waals surface area contributed by atoms with Crippen molar-refractivity contribution in [2.24, 2.45) is 0 Å². The van der Waals surface area contributed by atoms with E-state index >= 15 is 0 Å². The van der Waals surface area contributed by atoms with Gasteiger partial charge in [0.15, 0.2) is 0 Å². The summed E-state index contributed by atoms with van der Waals surface area (Å²) in [5.74, 6) is 0.0609. The fourth-order valence-electron chi connectivity index (χ4n) is 2.13. The lowest BCUT2D eigenvalue weighted by atomic mass is 10.1. The molecule has 0 aliphatic carbocycles. The van der Waals surface area contributed by atoms with Gasteiger partial charge >= 0.3 is 0 Å². The molecule has 0 aliphatic heterocycles. The maximum Gasteiger partial charge on any atom is 0.227 e. The number of amides is 1. The first kappa shape index (κ1) is 14.6. The first-order valence-electron chi connectivity index (χ1n) is 6.52. The van der Waals surface area contributed by atoms with Crippen LogP contribution in [0.4, 0.5) is 0 Å². The smallest absolute Gasteiger partial charge is 0.227 e. The second-order valence-electron chi connectivity index (χ2n) is 4.32. The number of rotatable bonds is 7. The van der Waals surface area contributed by atoms with Gasteiger partial charge in [0.25, 0.3) is 0 Å². The van der Waals surface area contributed by atoms with Gasteiger partial charge in [-0.3, -0.25) is 9.78 Å². The molecule has 1 aromatic heterocycles. The first-order chi connectivity index (χ1) is 8.72. The van der Waals surface area contributed by atoms with E-state index in [1.807, 2.05) is 12.1 Å². The highest BCUT2D eigenvalue weighted by molar-refractivity contribution is 5.79. The van der Waals surface area contributed by atoms with Crippen molar-refractivity contribution in [3.63, 3.8) is 0 Å². The lowest BCUT2D eigenvalue weighted by molar-refractivity contribution is -0.133. The second-order valence-corrected chi connectivity index (χ2v) is 4.32. The molecule has 0 aromatic carbocycles. The average Bonchev–Trinajstić information content (AvgIpc) is 2.40. The molecule has 0 bridgehead atoms. The lowest BCUT2D eigenvalue weighted by Gasteiger charge is -2.30. The van der Waals surface area contributed by atoms with Crippen LogP contribution in [-0.2, 0) is 11.2 Å². The zero-order valence-corrected chi connectivity index (χ0v) is 11.2. The Bertz CT molecular complexity index is 350. The average molecular weight is 250 g/mol. The van der Waals surface area contributed by atoms with Crippen molar-refractivity contribution in [1.82, 2.24) is 9.88 Å². The first-order valence-corrected chi connectivity index (χ1v) is 6.52. The molecule has 0 fully saturated rings. The van der Waals surface area contributed by atoms with Gasteiger partial charge in [0.2, 0.25) is 5.91 Å². The highest BCUT2D eigenvalue weighted by Crippen LogP contribution is 2.11. The van der Waals surface area contributed by atoms with Crippen LogP contribution in [0.3, 0.4) is 0 Å². The Morgan fingerprint density at radius 1 is 1.44 bits per heavy atom. The van der Waals surface area contributed by atoms with E-state index in [9.17, 15) is 4.79 Å². The third-order valence-corrected chi connectivity index (χ3v) is 3.12. The van der Waals surface area contributed by atoms with Crippen LogP contribution in [0.2, 0.25) is 0 Å². The Morgan fingerprint density at radius 3 is 2.67 bits per heavy atom. The molecule has 0 saturated carbocycles. The highest BCUT2D eigenvalue weighted by atomic mass is 16.3. The molecule has 1 heterocycles. The van der Waals surface area contributed by atoms with E-state index in [0.29, 0.717) is 13.0 Å². The molecule has 0 radical (unpaired) electrons. The van der Waals surface area contributed by atoms with Crippen LogP contribution < -0.4 is 0 Å². The molecule has 4 heteroatoms. The minimum Gasteiger partial charge on any atom is -0.395 e.